The molecule has 4 N–H and O–H groups in total. The highest BCUT2D eigenvalue weighted by Gasteiger charge is 2.27. The van der Waals surface area contributed by atoms with Gasteiger partial charge in [-0.2, -0.15) is 4.98 Å². The second-order valence-electron chi connectivity index (χ2n) is 7.14. The number of Topliss-reactive ketones (excluding diaryl/α,β-unsaturated/α-hetero) is 1. The first kappa shape index (κ1) is 24.3. The molecule has 0 bridgehead atoms. The number of halogens is 1. The van der Waals surface area contributed by atoms with Gasteiger partial charge in [-0.05, 0) is 31.5 Å². The van der Waals surface area contributed by atoms with Crippen LogP contribution in [0.4, 0.5) is 5.95 Å². The standard InChI is InChI=1S/C19H24BrN6O5P/c1-12(13(2)27)25-32(29,31-9-14-4-3-5-15(20)8-14)11-30-7-6-26-10-22-16-17(26)23-19(21)24-18(16)28/h3-5,8,10,12H,6-7,9,11H2,1-2H3,(H,25,29)(H3,21,23,24,28). The monoisotopic (exact) mass is 526 g/mol. The Hall–Kier alpha value is -2.37. The maximum absolute atomic E-state index is 13.3. The molecule has 3 aromatic rings. The third-order valence-electron chi connectivity index (χ3n) is 4.56. The van der Waals surface area contributed by atoms with E-state index in [2.05, 4.69) is 36.0 Å². The van der Waals surface area contributed by atoms with E-state index in [9.17, 15) is 14.2 Å². The maximum Gasteiger partial charge on any atom is 0.295 e. The van der Waals surface area contributed by atoms with Crippen molar-refractivity contribution in [3.05, 3.63) is 51.0 Å². The minimum Gasteiger partial charge on any atom is -0.369 e. The lowest BCUT2D eigenvalue weighted by molar-refractivity contribution is -0.118. The van der Waals surface area contributed by atoms with E-state index >= 15 is 0 Å². The quantitative estimate of drug-likeness (QED) is 0.252. The topological polar surface area (TPSA) is 154 Å². The largest absolute Gasteiger partial charge is 0.369 e. The molecule has 2 unspecified atom stereocenters. The van der Waals surface area contributed by atoms with Gasteiger partial charge in [-0.3, -0.25) is 19.1 Å². The number of hydrogen-bond donors (Lipinski definition) is 3. The van der Waals surface area contributed by atoms with Crippen LogP contribution in [-0.4, -0.2) is 44.3 Å². The number of nitrogens with one attached hydrogen (secondary N) is 2. The smallest absolute Gasteiger partial charge is 0.295 e. The SMILES string of the molecule is CC(=O)C(C)NP(=O)(COCCn1cnc2c(=O)[nH]c(N)nc21)OCc1cccc(Br)c1. The van der Waals surface area contributed by atoms with Gasteiger partial charge in [-0.25, -0.2) is 10.1 Å². The Labute approximate surface area is 192 Å². The van der Waals surface area contributed by atoms with Crippen molar-refractivity contribution in [3.63, 3.8) is 0 Å². The Balaban J connectivity index is 1.63. The fourth-order valence-corrected chi connectivity index (χ4v) is 4.95. The molecule has 2 atom stereocenters. The first-order valence-corrected chi connectivity index (χ1v) is 12.3. The summed E-state index contributed by atoms with van der Waals surface area (Å²) in [7, 11) is -3.50. The van der Waals surface area contributed by atoms with Crippen LogP contribution in [0.5, 0.6) is 0 Å². The third kappa shape index (κ3) is 6.33. The van der Waals surface area contributed by atoms with Gasteiger partial charge < -0.3 is 19.6 Å². The number of anilines is 1. The van der Waals surface area contributed by atoms with Gasteiger partial charge in [0, 0.05) is 11.0 Å². The Morgan fingerprint density at radius 3 is 2.94 bits per heavy atom. The zero-order valence-corrected chi connectivity index (χ0v) is 20.1. The fraction of sp³-hybridized carbons (Fsp3) is 0.368. The number of benzene rings is 1. The number of nitrogens with two attached hydrogens (primary N) is 1. The van der Waals surface area contributed by atoms with Gasteiger partial charge in [0.2, 0.25) is 5.95 Å². The van der Waals surface area contributed by atoms with Crippen LogP contribution in [0.1, 0.15) is 19.4 Å². The summed E-state index contributed by atoms with van der Waals surface area (Å²) in [5.74, 6) is -0.187. The lowest BCUT2D eigenvalue weighted by atomic mass is 10.2. The number of carbonyl (C=O) groups excluding carboxylic acids is 1. The number of nitrogen functional groups attached to an aromatic ring is 1. The van der Waals surface area contributed by atoms with Crippen molar-refractivity contribution in [2.45, 2.75) is 33.0 Å². The molecular weight excluding hydrogens is 503 g/mol. The average Bonchev–Trinajstić information content (AvgIpc) is 3.13. The second kappa shape index (κ2) is 10.5. The highest BCUT2D eigenvalue weighted by molar-refractivity contribution is 9.10. The number of rotatable bonds is 11. The summed E-state index contributed by atoms with van der Waals surface area (Å²) in [5.41, 5.74) is 6.47. The molecule has 0 spiro atoms. The molecule has 172 valence electrons. The van der Waals surface area contributed by atoms with Crippen molar-refractivity contribution in [2.75, 3.05) is 18.7 Å². The van der Waals surface area contributed by atoms with Crippen LogP contribution in [0, 0.1) is 0 Å². The number of ketones is 1. The van der Waals surface area contributed by atoms with Crippen LogP contribution in [-0.2, 0) is 31.8 Å². The molecule has 32 heavy (non-hydrogen) atoms. The van der Waals surface area contributed by atoms with Gasteiger partial charge in [0.15, 0.2) is 11.2 Å². The number of nitrogens with zero attached hydrogens (tertiary/aromatic N) is 3. The summed E-state index contributed by atoms with van der Waals surface area (Å²) in [6, 6.07) is 6.75. The summed E-state index contributed by atoms with van der Waals surface area (Å²) in [6.07, 6.45) is 1.20. The van der Waals surface area contributed by atoms with E-state index in [1.807, 2.05) is 24.3 Å². The van der Waals surface area contributed by atoms with E-state index in [-0.39, 0.29) is 36.8 Å². The Bertz CT molecular complexity index is 1210. The Kier molecular flexibility index (Phi) is 7.96. The number of aromatic nitrogens is 4. The van der Waals surface area contributed by atoms with Crippen molar-refractivity contribution in [1.29, 1.82) is 0 Å². The van der Waals surface area contributed by atoms with Crippen molar-refractivity contribution in [3.8, 4) is 0 Å². The predicted octanol–water partition coefficient (Wildman–Crippen LogP) is 2.42. The number of carbonyl (C=O) groups is 1. The molecule has 11 nitrogen and oxygen atoms in total. The first-order valence-electron chi connectivity index (χ1n) is 9.71. The summed E-state index contributed by atoms with van der Waals surface area (Å²) in [5, 5.41) is 2.77. The van der Waals surface area contributed by atoms with Gasteiger partial charge in [0.1, 0.15) is 12.1 Å². The second-order valence-corrected chi connectivity index (χ2v) is 10.2. The lowest BCUT2D eigenvalue weighted by Crippen LogP contribution is -2.32. The lowest BCUT2D eigenvalue weighted by Gasteiger charge is -2.22. The van der Waals surface area contributed by atoms with E-state index < -0.39 is 19.1 Å². The normalized spacial score (nSPS) is 14.3. The highest BCUT2D eigenvalue weighted by Crippen LogP contribution is 2.44. The molecule has 0 saturated carbocycles. The van der Waals surface area contributed by atoms with Gasteiger partial charge in [0.05, 0.1) is 25.6 Å². The van der Waals surface area contributed by atoms with Crippen molar-refractivity contribution in [2.24, 2.45) is 0 Å². The van der Waals surface area contributed by atoms with Crippen LogP contribution in [0.3, 0.4) is 0 Å². The predicted molar refractivity (Wildman–Crippen MR) is 123 cm³/mol. The van der Waals surface area contributed by atoms with Crippen LogP contribution in [0.25, 0.3) is 11.2 Å². The Morgan fingerprint density at radius 2 is 2.22 bits per heavy atom. The fourth-order valence-electron chi connectivity index (χ4n) is 2.79. The number of fused-ring (bicyclic) bond motifs is 1. The molecule has 1 aromatic carbocycles. The highest BCUT2D eigenvalue weighted by atomic mass is 79.9. The summed E-state index contributed by atoms with van der Waals surface area (Å²) in [6.45, 7) is 3.53. The Morgan fingerprint density at radius 1 is 1.44 bits per heavy atom. The molecule has 2 heterocycles. The van der Waals surface area contributed by atoms with E-state index in [0.29, 0.717) is 12.2 Å². The zero-order valence-electron chi connectivity index (χ0n) is 17.6. The molecule has 0 aliphatic rings. The number of aromatic amines is 1. The molecule has 0 aliphatic carbocycles. The van der Waals surface area contributed by atoms with Crippen molar-refractivity contribution < 1.29 is 18.6 Å². The molecular formula is C19H24BrN6O5P. The van der Waals surface area contributed by atoms with Crippen LogP contribution in [0.2, 0.25) is 0 Å². The molecule has 13 heteroatoms. The average molecular weight is 527 g/mol. The zero-order chi connectivity index (χ0) is 23.3. The molecule has 0 fully saturated rings. The maximum atomic E-state index is 13.3. The summed E-state index contributed by atoms with van der Waals surface area (Å²) >= 11 is 3.39. The summed E-state index contributed by atoms with van der Waals surface area (Å²) < 4.78 is 27.1. The van der Waals surface area contributed by atoms with Crippen molar-refractivity contribution in [1.82, 2.24) is 24.6 Å². The molecule has 0 radical (unpaired) electrons. The third-order valence-corrected chi connectivity index (χ3v) is 6.90. The first-order chi connectivity index (χ1) is 15.2. The minimum atomic E-state index is -3.50. The molecule has 3 rings (SSSR count). The molecule has 0 saturated heterocycles. The van der Waals surface area contributed by atoms with Crippen LogP contribution >= 0.6 is 23.4 Å². The summed E-state index contributed by atoms with van der Waals surface area (Å²) in [4.78, 5) is 34.0. The van der Waals surface area contributed by atoms with E-state index in [0.717, 1.165) is 10.0 Å². The van der Waals surface area contributed by atoms with Gasteiger partial charge >= 0.3 is 0 Å². The number of imidazole rings is 1. The van der Waals surface area contributed by atoms with Crippen molar-refractivity contribution >= 4 is 46.3 Å². The van der Waals surface area contributed by atoms with Gasteiger partial charge in [0.25, 0.3) is 13.1 Å². The van der Waals surface area contributed by atoms with Crippen LogP contribution < -0.4 is 16.4 Å². The van der Waals surface area contributed by atoms with E-state index in [1.165, 1.54) is 13.3 Å². The van der Waals surface area contributed by atoms with Crippen LogP contribution in [0.15, 0.2) is 39.9 Å². The molecule has 0 amide bonds. The van der Waals surface area contributed by atoms with Gasteiger partial charge in [-0.15, -0.1) is 0 Å². The van der Waals surface area contributed by atoms with Gasteiger partial charge in [-0.1, -0.05) is 28.1 Å². The van der Waals surface area contributed by atoms with E-state index in [4.69, 9.17) is 15.0 Å². The number of hydrogen-bond acceptors (Lipinski definition) is 8. The molecule has 2 aromatic heterocycles. The van der Waals surface area contributed by atoms with E-state index in [1.54, 1.807) is 11.5 Å². The number of ether oxygens (including phenoxy) is 1. The molecule has 0 aliphatic heterocycles. The minimum absolute atomic E-state index is 0.0157. The number of H-pyrrole nitrogens is 1.